The highest BCUT2D eigenvalue weighted by molar-refractivity contribution is 5.29. The van der Waals surface area contributed by atoms with Gasteiger partial charge in [0.1, 0.15) is 5.75 Å². The number of pyridine rings is 1. The smallest absolute Gasteiger partial charge is 0.137 e. The molecule has 4 heteroatoms. The molecule has 0 aliphatic carbocycles. The van der Waals surface area contributed by atoms with E-state index in [0.717, 1.165) is 18.7 Å². The topological polar surface area (TPSA) is 54.4 Å². The molecule has 0 amide bonds. The zero-order valence-electron chi connectivity index (χ0n) is 9.73. The highest BCUT2D eigenvalue weighted by Gasteiger charge is 2.38. The lowest BCUT2D eigenvalue weighted by Crippen LogP contribution is -2.46. The van der Waals surface area contributed by atoms with Crippen molar-refractivity contribution in [2.45, 2.75) is 18.9 Å². The van der Waals surface area contributed by atoms with E-state index >= 15 is 0 Å². The van der Waals surface area contributed by atoms with Crippen LogP contribution in [-0.2, 0) is 5.60 Å². The van der Waals surface area contributed by atoms with E-state index in [9.17, 15) is 5.11 Å². The monoisotopic (exact) mass is 222 g/mol. The minimum absolute atomic E-state index is 0.176. The number of methoxy groups -OCH3 is 1. The Balaban J connectivity index is 2.33. The summed E-state index contributed by atoms with van der Waals surface area (Å²) in [5.74, 6) is 0.867. The van der Waals surface area contributed by atoms with Crippen LogP contribution >= 0.6 is 0 Å². The Morgan fingerprint density at radius 3 is 3.06 bits per heavy atom. The molecular weight excluding hydrogens is 204 g/mol. The molecule has 2 rings (SSSR count). The van der Waals surface area contributed by atoms with E-state index in [-0.39, 0.29) is 5.92 Å². The molecule has 1 aromatic heterocycles. The molecule has 2 heterocycles. The fourth-order valence-electron chi connectivity index (χ4n) is 2.21. The predicted molar refractivity (Wildman–Crippen MR) is 61.3 cm³/mol. The molecule has 0 bridgehead atoms. The third kappa shape index (κ3) is 1.90. The molecule has 88 valence electrons. The number of aromatic nitrogens is 1. The van der Waals surface area contributed by atoms with Crippen LogP contribution in [0, 0.1) is 5.92 Å². The Bertz CT molecular complexity index is 370. The molecule has 2 atom stereocenters. The molecule has 2 unspecified atom stereocenters. The number of piperidine rings is 1. The van der Waals surface area contributed by atoms with Crippen LogP contribution in [0.15, 0.2) is 18.5 Å². The number of rotatable bonds is 2. The van der Waals surface area contributed by atoms with Crippen LogP contribution in [-0.4, -0.2) is 30.3 Å². The molecule has 1 aromatic rings. The van der Waals surface area contributed by atoms with E-state index in [0.29, 0.717) is 12.2 Å². The second-order valence-electron chi connectivity index (χ2n) is 4.39. The average molecular weight is 222 g/mol. The maximum atomic E-state index is 10.7. The van der Waals surface area contributed by atoms with Crippen LogP contribution in [0.3, 0.4) is 0 Å². The van der Waals surface area contributed by atoms with E-state index in [1.807, 2.05) is 13.0 Å². The summed E-state index contributed by atoms with van der Waals surface area (Å²) in [6, 6.07) is 1.87. The van der Waals surface area contributed by atoms with Crippen LogP contribution in [0.4, 0.5) is 0 Å². The Morgan fingerprint density at radius 1 is 1.56 bits per heavy atom. The number of ether oxygens (including phenoxy) is 1. The number of hydrogen-bond acceptors (Lipinski definition) is 4. The summed E-state index contributed by atoms with van der Waals surface area (Å²) in [5, 5.41) is 14.0. The predicted octanol–water partition coefficient (Wildman–Crippen LogP) is 0.907. The van der Waals surface area contributed by atoms with Crippen molar-refractivity contribution in [1.29, 1.82) is 0 Å². The first kappa shape index (κ1) is 11.4. The van der Waals surface area contributed by atoms with Crippen LogP contribution in [0.5, 0.6) is 5.75 Å². The standard InChI is InChI=1S/C12H18N2O2/c1-9-6-13-4-3-12(9,15)10-5-11(16-2)8-14-7-10/h5,7-9,13,15H,3-4,6H2,1-2H3. The van der Waals surface area contributed by atoms with Gasteiger partial charge in [0, 0.05) is 24.2 Å². The summed E-state index contributed by atoms with van der Waals surface area (Å²) in [6.45, 7) is 3.71. The van der Waals surface area contributed by atoms with Gasteiger partial charge in [-0.05, 0) is 19.0 Å². The molecule has 4 nitrogen and oxygen atoms in total. The molecule has 16 heavy (non-hydrogen) atoms. The van der Waals surface area contributed by atoms with Gasteiger partial charge in [0.25, 0.3) is 0 Å². The summed E-state index contributed by atoms with van der Waals surface area (Å²) < 4.78 is 5.14. The zero-order valence-corrected chi connectivity index (χ0v) is 9.73. The van der Waals surface area contributed by atoms with Gasteiger partial charge in [-0.3, -0.25) is 4.98 Å². The molecule has 0 spiro atoms. The van der Waals surface area contributed by atoms with Crippen LogP contribution in [0.1, 0.15) is 18.9 Å². The lowest BCUT2D eigenvalue weighted by atomic mass is 9.78. The summed E-state index contributed by atoms with van der Waals surface area (Å²) >= 11 is 0. The highest BCUT2D eigenvalue weighted by Crippen LogP contribution is 2.35. The van der Waals surface area contributed by atoms with Gasteiger partial charge < -0.3 is 15.2 Å². The van der Waals surface area contributed by atoms with Gasteiger partial charge in [0.05, 0.1) is 18.9 Å². The Labute approximate surface area is 95.7 Å². The van der Waals surface area contributed by atoms with E-state index < -0.39 is 5.60 Å². The van der Waals surface area contributed by atoms with Gasteiger partial charge in [-0.1, -0.05) is 6.92 Å². The van der Waals surface area contributed by atoms with Gasteiger partial charge in [0.15, 0.2) is 0 Å². The molecule has 0 saturated carbocycles. The van der Waals surface area contributed by atoms with E-state index in [4.69, 9.17) is 4.74 Å². The number of hydrogen-bond donors (Lipinski definition) is 2. The van der Waals surface area contributed by atoms with E-state index in [1.54, 1.807) is 19.5 Å². The SMILES string of the molecule is COc1cncc(C2(O)CCNCC2C)c1. The summed E-state index contributed by atoms with van der Waals surface area (Å²) in [4.78, 5) is 4.10. The van der Waals surface area contributed by atoms with Gasteiger partial charge in [-0.2, -0.15) is 0 Å². The largest absolute Gasteiger partial charge is 0.495 e. The van der Waals surface area contributed by atoms with Crippen LogP contribution in [0.25, 0.3) is 0 Å². The molecular formula is C12H18N2O2. The highest BCUT2D eigenvalue weighted by atomic mass is 16.5. The lowest BCUT2D eigenvalue weighted by Gasteiger charge is -2.38. The van der Waals surface area contributed by atoms with Crippen molar-refractivity contribution in [3.05, 3.63) is 24.0 Å². The summed E-state index contributed by atoms with van der Waals surface area (Å²) in [6.07, 6.45) is 4.09. The first-order valence-corrected chi connectivity index (χ1v) is 5.59. The molecule has 0 aromatic carbocycles. The summed E-state index contributed by atoms with van der Waals surface area (Å²) in [5.41, 5.74) is 0.0631. The number of nitrogens with zero attached hydrogens (tertiary/aromatic N) is 1. The van der Waals surface area contributed by atoms with Crippen molar-refractivity contribution in [2.75, 3.05) is 20.2 Å². The molecule has 1 fully saturated rings. The minimum Gasteiger partial charge on any atom is -0.495 e. The first-order chi connectivity index (χ1) is 7.66. The number of aliphatic hydroxyl groups is 1. The third-order valence-electron chi connectivity index (χ3n) is 3.40. The van der Waals surface area contributed by atoms with Crippen molar-refractivity contribution in [3.63, 3.8) is 0 Å². The third-order valence-corrected chi connectivity index (χ3v) is 3.40. The molecule has 2 N–H and O–H groups in total. The number of nitrogens with one attached hydrogen (secondary N) is 1. The van der Waals surface area contributed by atoms with Gasteiger partial charge in [-0.15, -0.1) is 0 Å². The maximum absolute atomic E-state index is 10.7. The van der Waals surface area contributed by atoms with Crippen molar-refractivity contribution >= 4 is 0 Å². The van der Waals surface area contributed by atoms with Crippen molar-refractivity contribution in [2.24, 2.45) is 5.92 Å². The van der Waals surface area contributed by atoms with Crippen LogP contribution < -0.4 is 10.1 Å². The van der Waals surface area contributed by atoms with Crippen molar-refractivity contribution in [1.82, 2.24) is 10.3 Å². The Kier molecular flexibility index (Phi) is 3.12. The molecule has 1 aliphatic rings. The van der Waals surface area contributed by atoms with Crippen molar-refractivity contribution < 1.29 is 9.84 Å². The van der Waals surface area contributed by atoms with Gasteiger partial charge >= 0.3 is 0 Å². The van der Waals surface area contributed by atoms with Crippen molar-refractivity contribution in [3.8, 4) is 5.75 Å². The molecule has 0 radical (unpaired) electrons. The van der Waals surface area contributed by atoms with Gasteiger partial charge in [-0.25, -0.2) is 0 Å². The zero-order chi connectivity index (χ0) is 11.6. The second-order valence-corrected chi connectivity index (χ2v) is 4.39. The normalized spacial score (nSPS) is 30.1. The minimum atomic E-state index is -0.785. The Hall–Kier alpha value is -1.13. The van der Waals surface area contributed by atoms with Crippen LogP contribution in [0.2, 0.25) is 0 Å². The second kappa shape index (κ2) is 4.39. The molecule has 1 saturated heterocycles. The quantitative estimate of drug-likeness (QED) is 0.781. The fourth-order valence-corrected chi connectivity index (χ4v) is 2.21. The maximum Gasteiger partial charge on any atom is 0.137 e. The summed E-state index contributed by atoms with van der Waals surface area (Å²) in [7, 11) is 1.61. The van der Waals surface area contributed by atoms with Gasteiger partial charge in [0.2, 0.25) is 0 Å². The molecule has 1 aliphatic heterocycles. The Morgan fingerprint density at radius 2 is 2.38 bits per heavy atom. The van der Waals surface area contributed by atoms with E-state index in [2.05, 4.69) is 10.3 Å². The lowest BCUT2D eigenvalue weighted by molar-refractivity contribution is -0.0396. The van der Waals surface area contributed by atoms with E-state index in [1.165, 1.54) is 0 Å². The fraction of sp³-hybridized carbons (Fsp3) is 0.583. The first-order valence-electron chi connectivity index (χ1n) is 5.59. The average Bonchev–Trinajstić information content (AvgIpc) is 2.33.